The Bertz CT molecular complexity index is 990. The first-order valence-electron chi connectivity index (χ1n) is 7.96. The summed E-state index contributed by atoms with van der Waals surface area (Å²) in [7, 11) is 0. The van der Waals surface area contributed by atoms with Crippen LogP contribution in [0.1, 0.15) is 16.2 Å². The second-order valence-corrected chi connectivity index (χ2v) is 6.28. The summed E-state index contributed by atoms with van der Waals surface area (Å²) in [6.45, 7) is 0.911. The minimum Gasteiger partial charge on any atom is -0.329 e. The van der Waals surface area contributed by atoms with Gasteiger partial charge in [-0.05, 0) is 12.1 Å². The highest BCUT2D eigenvalue weighted by molar-refractivity contribution is 6.34. The smallest absolute Gasteiger partial charge is 0.258 e. The molecular weight excluding hydrogens is 362 g/mol. The van der Waals surface area contributed by atoms with Gasteiger partial charge in [0.15, 0.2) is 11.6 Å². The van der Waals surface area contributed by atoms with E-state index < -0.39 is 28.1 Å². The van der Waals surface area contributed by atoms with Gasteiger partial charge in [0.2, 0.25) is 0 Å². The minimum absolute atomic E-state index is 0.144. The number of aromatic nitrogens is 3. The van der Waals surface area contributed by atoms with Crippen molar-refractivity contribution in [3.8, 4) is 11.4 Å². The Balaban J connectivity index is 1.63. The van der Waals surface area contributed by atoms with Crippen molar-refractivity contribution in [2.45, 2.75) is 13.1 Å². The van der Waals surface area contributed by atoms with Crippen LogP contribution in [0.25, 0.3) is 11.4 Å². The predicted molar refractivity (Wildman–Crippen MR) is 91.6 cm³/mol. The number of benzene rings is 2. The van der Waals surface area contributed by atoms with E-state index in [1.54, 1.807) is 0 Å². The lowest BCUT2D eigenvalue weighted by Gasteiger charge is -2.28. The van der Waals surface area contributed by atoms with E-state index in [0.717, 1.165) is 17.7 Å². The van der Waals surface area contributed by atoms with E-state index in [9.17, 15) is 13.6 Å². The summed E-state index contributed by atoms with van der Waals surface area (Å²) in [6, 6.07) is 11.4. The molecule has 1 aliphatic heterocycles. The Morgan fingerprint density at radius 3 is 2.50 bits per heavy atom. The molecule has 8 heteroatoms. The Hall–Kier alpha value is -2.80. The maximum atomic E-state index is 14.0. The maximum absolute atomic E-state index is 14.0. The van der Waals surface area contributed by atoms with Crippen molar-refractivity contribution in [3.05, 3.63) is 70.5 Å². The lowest BCUT2D eigenvalue weighted by Crippen LogP contribution is -2.39. The molecule has 0 saturated carbocycles. The summed E-state index contributed by atoms with van der Waals surface area (Å²) in [6.07, 6.45) is 0. The average molecular weight is 375 g/mol. The molecule has 1 aliphatic rings. The van der Waals surface area contributed by atoms with E-state index in [1.165, 1.54) is 4.90 Å². The molecule has 0 N–H and O–H groups in total. The number of nitrogens with zero attached hydrogens (tertiary/aromatic N) is 4. The van der Waals surface area contributed by atoms with Crippen LogP contribution in [-0.2, 0) is 13.1 Å². The molecular formula is C18H13ClF2N4O. The third-order valence-electron chi connectivity index (χ3n) is 4.33. The molecule has 5 nitrogen and oxygen atoms in total. The molecule has 0 saturated heterocycles. The van der Waals surface area contributed by atoms with Gasteiger partial charge in [0.25, 0.3) is 5.91 Å². The molecule has 2 heterocycles. The highest BCUT2D eigenvalue weighted by Gasteiger charge is 2.29. The molecule has 26 heavy (non-hydrogen) atoms. The molecule has 1 aromatic heterocycles. The zero-order chi connectivity index (χ0) is 18.3. The molecule has 0 atom stereocenters. The zero-order valence-corrected chi connectivity index (χ0v) is 14.2. The Labute approximate surface area is 152 Å². The fraction of sp³-hybridized carbons (Fsp3) is 0.167. The van der Waals surface area contributed by atoms with Gasteiger partial charge >= 0.3 is 0 Å². The van der Waals surface area contributed by atoms with E-state index in [2.05, 4.69) is 10.2 Å². The molecule has 0 unspecified atom stereocenters. The van der Waals surface area contributed by atoms with Crippen molar-refractivity contribution in [1.29, 1.82) is 0 Å². The van der Waals surface area contributed by atoms with E-state index in [4.69, 9.17) is 11.6 Å². The van der Waals surface area contributed by atoms with Gasteiger partial charge in [0, 0.05) is 18.7 Å². The first-order chi connectivity index (χ1) is 12.6. The van der Waals surface area contributed by atoms with Crippen LogP contribution >= 0.6 is 11.6 Å². The summed E-state index contributed by atoms with van der Waals surface area (Å²) in [4.78, 5) is 14.0. The monoisotopic (exact) mass is 374 g/mol. The summed E-state index contributed by atoms with van der Waals surface area (Å²) >= 11 is 5.80. The number of rotatable bonds is 2. The van der Waals surface area contributed by atoms with Gasteiger partial charge in [-0.1, -0.05) is 41.9 Å². The van der Waals surface area contributed by atoms with Gasteiger partial charge in [-0.25, -0.2) is 8.78 Å². The van der Waals surface area contributed by atoms with Crippen LogP contribution in [0.5, 0.6) is 0 Å². The summed E-state index contributed by atoms with van der Waals surface area (Å²) < 4.78 is 29.6. The van der Waals surface area contributed by atoms with Gasteiger partial charge in [0.1, 0.15) is 11.6 Å². The lowest BCUT2D eigenvalue weighted by molar-refractivity contribution is 0.0703. The van der Waals surface area contributed by atoms with Gasteiger partial charge in [0.05, 0.1) is 17.1 Å². The van der Waals surface area contributed by atoms with E-state index in [0.29, 0.717) is 24.7 Å². The molecule has 0 spiro atoms. The van der Waals surface area contributed by atoms with Crippen molar-refractivity contribution in [3.63, 3.8) is 0 Å². The van der Waals surface area contributed by atoms with Gasteiger partial charge < -0.3 is 9.47 Å². The number of hydrogen-bond acceptors (Lipinski definition) is 3. The highest BCUT2D eigenvalue weighted by atomic mass is 35.5. The largest absolute Gasteiger partial charge is 0.329 e. The summed E-state index contributed by atoms with van der Waals surface area (Å²) in [5, 5.41) is 7.83. The summed E-state index contributed by atoms with van der Waals surface area (Å²) in [5.74, 6) is -1.05. The number of carbonyl (C=O) groups excluding carboxylic acids is 1. The van der Waals surface area contributed by atoms with Crippen LogP contribution in [0.4, 0.5) is 8.78 Å². The first kappa shape index (κ1) is 16.7. The van der Waals surface area contributed by atoms with E-state index in [1.807, 2.05) is 34.9 Å². The molecule has 132 valence electrons. The average Bonchev–Trinajstić information content (AvgIpc) is 3.09. The molecule has 2 aromatic carbocycles. The van der Waals surface area contributed by atoms with Crippen molar-refractivity contribution in [2.24, 2.45) is 0 Å². The molecule has 0 fully saturated rings. The summed E-state index contributed by atoms with van der Waals surface area (Å²) in [5.41, 5.74) is 0.466. The number of fused-ring (bicyclic) bond motifs is 1. The number of carbonyl (C=O) groups is 1. The fourth-order valence-electron chi connectivity index (χ4n) is 3.01. The topological polar surface area (TPSA) is 51.0 Å². The lowest BCUT2D eigenvalue weighted by atomic mass is 10.1. The Kier molecular flexibility index (Phi) is 4.16. The van der Waals surface area contributed by atoms with Crippen molar-refractivity contribution in [2.75, 3.05) is 6.54 Å². The molecule has 0 aliphatic carbocycles. The van der Waals surface area contributed by atoms with Crippen molar-refractivity contribution >= 4 is 17.5 Å². The third kappa shape index (κ3) is 2.74. The Morgan fingerprint density at radius 1 is 1.00 bits per heavy atom. The van der Waals surface area contributed by atoms with Gasteiger partial charge in [-0.3, -0.25) is 4.79 Å². The quantitative estimate of drug-likeness (QED) is 0.645. The van der Waals surface area contributed by atoms with Crippen molar-refractivity contribution in [1.82, 2.24) is 19.7 Å². The number of amides is 1. The molecule has 4 rings (SSSR count). The van der Waals surface area contributed by atoms with Gasteiger partial charge in [-0.2, -0.15) is 0 Å². The van der Waals surface area contributed by atoms with Crippen LogP contribution in [0, 0.1) is 11.6 Å². The molecule has 3 aromatic rings. The minimum atomic E-state index is -0.849. The normalized spacial score (nSPS) is 13.6. The fourth-order valence-corrected chi connectivity index (χ4v) is 3.25. The second kappa shape index (κ2) is 6.49. The van der Waals surface area contributed by atoms with E-state index in [-0.39, 0.29) is 6.54 Å². The van der Waals surface area contributed by atoms with Crippen LogP contribution < -0.4 is 0 Å². The third-order valence-corrected chi connectivity index (χ3v) is 4.70. The Morgan fingerprint density at radius 2 is 1.73 bits per heavy atom. The molecule has 0 bridgehead atoms. The second-order valence-electron chi connectivity index (χ2n) is 5.90. The molecule has 0 radical (unpaired) electrons. The van der Waals surface area contributed by atoms with Crippen LogP contribution in [0.2, 0.25) is 5.02 Å². The van der Waals surface area contributed by atoms with Crippen LogP contribution in [0.3, 0.4) is 0 Å². The predicted octanol–water partition coefficient (Wildman–Crippen LogP) is 3.53. The standard InChI is InChI=1S/C18H13ClF2N4O/c19-16-13(21)7-6-12(20)15(16)18(26)24-8-9-25-14(10-24)22-23-17(25)11-4-2-1-3-5-11/h1-7H,8-10H2. The number of halogens is 3. The number of hydrogen-bond donors (Lipinski definition) is 0. The van der Waals surface area contributed by atoms with Crippen LogP contribution in [-0.4, -0.2) is 32.1 Å². The SMILES string of the molecule is O=C(c1c(F)ccc(F)c1Cl)N1CCn2c(nnc2-c2ccccc2)C1. The molecule has 1 amide bonds. The van der Waals surface area contributed by atoms with E-state index >= 15 is 0 Å². The highest BCUT2D eigenvalue weighted by Crippen LogP contribution is 2.27. The zero-order valence-electron chi connectivity index (χ0n) is 13.5. The van der Waals surface area contributed by atoms with Crippen molar-refractivity contribution < 1.29 is 13.6 Å². The van der Waals surface area contributed by atoms with Gasteiger partial charge in [-0.15, -0.1) is 10.2 Å². The maximum Gasteiger partial charge on any atom is 0.258 e. The van der Waals surface area contributed by atoms with Crippen LogP contribution in [0.15, 0.2) is 42.5 Å². The first-order valence-corrected chi connectivity index (χ1v) is 8.34.